The van der Waals surface area contributed by atoms with Gasteiger partial charge < -0.3 is 16.0 Å². The number of nitrogens with one attached hydrogen (secondary N) is 3. The second-order valence-electron chi connectivity index (χ2n) is 6.21. The van der Waals surface area contributed by atoms with E-state index in [1.165, 1.54) is 6.07 Å². The Hall–Kier alpha value is -3.95. The number of nitrogens with two attached hydrogens (primary N) is 1. The Kier molecular flexibility index (Phi) is 7.67. The number of sulfonamides is 1. The van der Waals surface area contributed by atoms with Crippen molar-refractivity contribution in [2.24, 2.45) is 5.14 Å². The highest BCUT2D eigenvalue weighted by molar-refractivity contribution is 7.89. The van der Waals surface area contributed by atoms with E-state index < -0.39 is 37.3 Å². The molecule has 0 fully saturated rings. The highest BCUT2D eigenvalue weighted by atomic mass is 32.2. The van der Waals surface area contributed by atoms with Crippen molar-refractivity contribution in [3.8, 4) is 12.3 Å². The number of anilines is 2. The average molecular weight is 445 g/mol. The molecule has 0 aliphatic heterocycles. The van der Waals surface area contributed by atoms with Gasteiger partial charge in [-0.15, -0.1) is 6.42 Å². The molecule has 0 bridgehead atoms. The zero-order chi connectivity index (χ0) is 23.0. The number of hydrogen-bond acceptors (Lipinski definition) is 7. The highest BCUT2D eigenvalue weighted by Gasteiger charge is 2.19. The van der Waals surface area contributed by atoms with Gasteiger partial charge in [-0.3, -0.25) is 19.7 Å². The molecule has 162 valence electrons. The topological polar surface area (TPSA) is 174 Å². The summed E-state index contributed by atoms with van der Waals surface area (Å²) in [6, 6.07) is 9.78. The van der Waals surface area contributed by atoms with Gasteiger partial charge in [0.25, 0.3) is 5.69 Å². The molecule has 0 heterocycles. The molecule has 0 spiro atoms. The van der Waals surface area contributed by atoms with Gasteiger partial charge >= 0.3 is 0 Å². The maximum atomic E-state index is 11.9. The summed E-state index contributed by atoms with van der Waals surface area (Å²) < 4.78 is 22.7. The third kappa shape index (κ3) is 7.11. The van der Waals surface area contributed by atoms with E-state index in [2.05, 4.69) is 21.9 Å². The molecule has 5 N–H and O–H groups in total. The van der Waals surface area contributed by atoms with Crippen molar-refractivity contribution in [1.29, 1.82) is 0 Å². The van der Waals surface area contributed by atoms with Crippen LogP contribution in [0.1, 0.15) is 12.0 Å². The van der Waals surface area contributed by atoms with Crippen LogP contribution in [0.15, 0.2) is 47.4 Å². The number of nitrogens with zero attached hydrogens (tertiary/aromatic N) is 1. The maximum absolute atomic E-state index is 11.9. The van der Waals surface area contributed by atoms with E-state index in [4.69, 9.17) is 11.6 Å². The van der Waals surface area contributed by atoms with Gasteiger partial charge in [-0.05, 0) is 30.3 Å². The minimum atomic E-state index is -4.10. The first-order chi connectivity index (χ1) is 14.6. The molecule has 0 aliphatic rings. The van der Waals surface area contributed by atoms with E-state index in [-0.39, 0.29) is 25.2 Å². The molecule has 0 unspecified atom stereocenters. The lowest BCUT2D eigenvalue weighted by Crippen LogP contribution is -2.33. The second kappa shape index (κ2) is 10.2. The first-order valence-electron chi connectivity index (χ1n) is 8.78. The Morgan fingerprint density at radius 3 is 2.55 bits per heavy atom. The van der Waals surface area contributed by atoms with Crippen LogP contribution in [0.25, 0.3) is 0 Å². The van der Waals surface area contributed by atoms with Crippen LogP contribution in [0.2, 0.25) is 0 Å². The van der Waals surface area contributed by atoms with Crippen molar-refractivity contribution in [3.63, 3.8) is 0 Å². The van der Waals surface area contributed by atoms with Gasteiger partial charge in [0.05, 0.1) is 16.4 Å². The van der Waals surface area contributed by atoms with Crippen LogP contribution in [0.5, 0.6) is 0 Å². The monoisotopic (exact) mass is 445 g/mol. The smallest absolute Gasteiger partial charge is 0.293 e. The standard InChI is InChI=1S/C19H19N5O6S/c1-2-13-4-3-5-14(10-13)23-19(26)12-22-18(25)8-9-21-16-7-6-15(31(20,29)30)11-17(16)24(27)28/h1,3-7,10-11,21H,8-9,12H2,(H,22,25)(H,23,26)(H2,20,29,30). The van der Waals surface area contributed by atoms with Crippen LogP contribution in [-0.4, -0.2) is 38.2 Å². The Labute approximate surface area is 178 Å². The van der Waals surface area contributed by atoms with Crippen LogP contribution in [0.4, 0.5) is 17.1 Å². The number of terminal acetylenes is 1. The number of amides is 2. The van der Waals surface area contributed by atoms with Gasteiger partial charge in [-0.1, -0.05) is 12.0 Å². The number of nitro benzene ring substituents is 1. The van der Waals surface area contributed by atoms with Gasteiger partial charge in [-0.25, -0.2) is 13.6 Å². The van der Waals surface area contributed by atoms with Crippen molar-refractivity contribution in [3.05, 3.63) is 58.1 Å². The first-order valence-corrected chi connectivity index (χ1v) is 10.3. The molecule has 0 aliphatic carbocycles. The molecule has 0 saturated carbocycles. The van der Waals surface area contributed by atoms with E-state index in [0.29, 0.717) is 11.3 Å². The quantitative estimate of drug-likeness (QED) is 0.251. The molecule has 2 amide bonds. The Balaban J connectivity index is 1.84. The Morgan fingerprint density at radius 1 is 1.16 bits per heavy atom. The second-order valence-corrected chi connectivity index (χ2v) is 7.77. The summed E-state index contributed by atoms with van der Waals surface area (Å²) in [5.74, 6) is 1.52. The van der Waals surface area contributed by atoms with Gasteiger partial charge in [-0.2, -0.15) is 0 Å². The van der Waals surface area contributed by atoms with Gasteiger partial charge in [0.15, 0.2) is 0 Å². The number of rotatable bonds is 9. The summed E-state index contributed by atoms with van der Waals surface area (Å²) in [5, 5.41) is 23.8. The molecule has 2 aromatic rings. The lowest BCUT2D eigenvalue weighted by molar-refractivity contribution is -0.384. The van der Waals surface area contributed by atoms with Crippen LogP contribution >= 0.6 is 0 Å². The number of primary sulfonamides is 1. The molecule has 0 saturated heterocycles. The molecule has 12 heteroatoms. The van der Waals surface area contributed by atoms with Crippen molar-refractivity contribution in [2.75, 3.05) is 23.7 Å². The van der Waals surface area contributed by atoms with E-state index in [9.17, 15) is 28.1 Å². The summed E-state index contributed by atoms with van der Waals surface area (Å²) in [6.45, 7) is -0.268. The van der Waals surface area contributed by atoms with Crippen LogP contribution in [0, 0.1) is 22.5 Å². The third-order valence-corrected chi connectivity index (χ3v) is 4.83. The van der Waals surface area contributed by atoms with Crippen LogP contribution in [0.3, 0.4) is 0 Å². The fraction of sp³-hybridized carbons (Fsp3) is 0.158. The van der Waals surface area contributed by atoms with Crippen LogP contribution < -0.4 is 21.1 Å². The molecule has 0 radical (unpaired) electrons. The Bertz CT molecular complexity index is 1160. The van der Waals surface area contributed by atoms with Crippen molar-refractivity contribution in [1.82, 2.24) is 5.32 Å². The summed E-state index contributed by atoms with van der Waals surface area (Å²) in [5.41, 5.74) is 0.613. The predicted molar refractivity (Wildman–Crippen MR) is 114 cm³/mol. The summed E-state index contributed by atoms with van der Waals surface area (Å²) in [6.07, 6.45) is 5.20. The first kappa shape index (κ1) is 23.3. The number of nitro groups is 1. The molecular formula is C19H19N5O6S. The maximum Gasteiger partial charge on any atom is 0.293 e. The minimum Gasteiger partial charge on any atom is -0.379 e. The molecule has 2 aromatic carbocycles. The number of benzene rings is 2. The lowest BCUT2D eigenvalue weighted by Gasteiger charge is -2.09. The third-order valence-electron chi connectivity index (χ3n) is 3.92. The molecule has 2 rings (SSSR count). The van der Waals surface area contributed by atoms with E-state index in [1.807, 2.05) is 0 Å². The zero-order valence-corrected chi connectivity index (χ0v) is 16.9. The normalized spacial score (nSPS) is 10.6. The number of carbonyl (C=O) groups is 2. The fourth-order valence-electron chi connectivity index (χ4n) is 2.46. The summed E-state index contributed by atoms with van der Waals surface area (Å²) in [4.78, 5) is 33.8. The van der Waals surface area contributed by atoms with Gasteiger partial charge in [0.2, 0.25) is 21.8 Å². The lowest BCUT2D eigenvalue weighted by atomic mass is 10.2. The fourth-order valence-corrected chi connectivity index (χ4v) is 2.99. The Morgan fingerprint density at radius 2 is 1.90 bits per heavy atom. The largest absolute Gasteiger partial charge is 0.379 e. The number of hydrogen-bond donors (Lipinski definition) is 4. The van der Waals surface area contributed by atoms with Gasteiger partial charge in [0.1, 0.15) is 5.69 Å². The zero-order valence-electron chi connectivity index (χ0n) is 16.1. The molecule has 11 nitrogen and oxygen atoms in total. The van der Waals surface area contributed by atoms with E-state index >= 15 is 0 Å². The van der Waals surface area contributed by atoms with E-state index in [1.54, 1.807) is 24.3 Å². The van der Waals surface area contributed by atoms with Gasteiger partial charge in [0, 0.05) is 30.3 Å². The minimum absolute atomic E-state index is 0.00717. The highest BCUT2D eigenvalue weighted by Crippen LogP contribution is 2.27. The molecule has 0 aromatic heterocycles. The van der Waals surface area contributed by atoms with Crippen molar-refractivity contribution < 1.29 is 22.9 Å². The van der Waals surface area contributed by atoms with Crippen molar-refractivity contribution >= 4 is 38.9 Å². The number of carbonyl (C=O) groups excluding carboxylic acids is 2. The predicted octanol–water partition coefficient (Wildman–Crippen LogP) is 0.780. The average Bonchev–Trinajstić information content (AvgIpc) is 2.71. The molecule has 0 atom stereocenters. The van der Waals surface area contributed by atoms with Crippen LogP contribution in [-0.2, 0) is 19.6 Å². The van der Waals surface area contributed by atoms with E-state index in [0.717, 1.165) is 12.1 Å². The molecular weight excluding hydrogens is 426 g/mol. The molecule has 31 heavy (non-hydrogen) atoms. The summed E-state index contributed by atoms with van der Waals surface area (Å²) in [7, 11) is -4.10. The van der Waals surface area contributed by atoms with Crippen molar-refractivity contribution in [2.45, 2.75) is 11.3 Å². The summed E-state index contributed by atoms with van der Waals surface area (Å²) >= 11 is 0. The SMILES string of the molecule is C#Cc1cccc(NC(=O)CNC(=O)CCNc2ccc(S(N)(=O)=O)cc2[N+](=O)[O-])c1.